The lowest BCUT2D eigenvalue weighted by Gasteiger charge is -2.13. The number of benzene rings is 2. The first-order valence-corrected chi connectivity index (χ1v) is 11.9. The van der Waals surface area contributed by atoms with Gasteiger partial charge in [-0.05, 0) is 61.1 Å². The molecule has 0 spiro atoms. The number of nitrogens with zero attached hydrogens (tertiary/aromatic N) is 2. The van der Waals surface area contributed by atoms with Crippen LogP contribution in [0, 0.1) is 0 Å². The molecule has 1 aliphatic carbocycles. The minimum absolute atomic E-state index is 0.0548. The summed E-state index contributed by atoms with van der Waals surface area (Å²) in [5, 5.41) is 2.29. The number of thiophene rings is 1. The van der Waals surface area contributed by atoms with Crippen molar-refractivity contribution in [3.8, 4) is 5.69 Å². The third kappa shape index (κ3) is 3.63. The largest absolute Gasteiger partial charge is 0.268 e. The van der Waals surface area contributed by atoms with Gasteiger partial charge >= 0.3 is 0 Å². The van der Waals surface area contributed by atoms with E-state index in [1.54, 1.807) is 27.7 Å². The number of para-hydroxylation sites is 1. The zero-order chi connectivity index (χ0) is 19.8. The Morgan fingerprint density at radius 1 is 1.03 bits per heavy atom. The molecule has 0 unspecified atom stereocenters. The molecule has 0 fully saturated rings. The van der Waals surface area contributed by atoms with Gasteiger partial charge in [0.15, 0.2) is 5.16 Å². The second-order valence-electron chi connectivity index (χ2n) is 7.18. The Morgan fingerprint density at radius 2 is 1.79 bits per heavy atom. The number of halogens is 1. The molecule has 1 aliphatic rings. The van der Waals surface area contributed by atoms with Crippen molar-refractivity contribution in [3.05, 3.63) is 86.0 Å². The fourth-order valence-electron chi connectivity index (χ4n) is 3.82. The average molecular weight is 439 g/mol. The molecule has 146 valence electrons. The molecule has 0 saturated heterocycles. The third-order valence-corrected chi connectivity index (χ3v) is 7.70. The van der Waals surface area contributed by atoms with E-state index in [9.17, 15) is 4.79 Å². The van der Waals surface area contributed by atoms with E-state index in [4.69, 9.17) is 16.6 Å². The summed E-state index contributed by atoms with van der Waals surface area (Å²) in [5.41, 5.74) is 3.30. The highest BCUT2D eigenvalue weighted by molar-refractivity contribution is 7.98. The molecule has 29 heavy (non-hydrogen) atoms. The lowest BCUT2D eigenvalue weighted by molar-refractivity contribution is 0.699. The van der Waals surface area contributed by atoms with Crippen LogP contribution in [-0.4, -0.2) is 9.55 Å². The molecule has 0 bridgehead atoms. The van der Waals surface area contributed by atoms with Crippen LogP contribution in [0.5, 0.6) is 0 Å². The van der Waals surface area contributed by atoms with Crippen LogP contribution < -0.4 is 5.56 Å². The van der Waals surface area contributed by atoms with Crippen molar-refractivity contribution in [2.75, 3.05) is 0 Å². The summed E-state index contributed by atoms with van der Waals surface area (Å²) in [5.74, 6) is 0.729. The molecule has 4 aromatic rings. The fraction of sp³-hybridized carbons (Fsp3) is 0.217. The number of thioether (sulfide) groups is 1. The second-order valence-corrected chi connectivity index (χ2v) is 9.64. The maximum atomic E-state index is 13.6. The molecular weight excluding hydrogens is 420 g/mol. The molecule has 0 saturated carbocycles. The molecule has 0 radical (unpaired) electrons. The van der Waals surface area contributed by atoms with Gasteiger partial charge in [-0.2, -0.15) is 0 Å². The molecule has 0 N–H and O–H groups in total. The van der Waals surface area contributed by atoms with Crippen LogP contribution in [-0.2, 0) is 18.6 Å². The quantitative estimate of drug-likeness (QED) is 0.278. The molecule has 0 atom stereocenters. The van der Waals surface area contributed by atoms with Crippen molar-refractivity contribution in [3.63, 3.8) is 0 Å². The molecular formula is C23H19ClN2OS2. The van der Waals surface area contributed by atoms with Gasteiger partial charge in [0, 0.05) is 15.7 Å². The van der Waals surface area contributed by atoms with E-state index in [1.807, 2.05) is 54.6 Å². The van der Waals surface area contributed by atoms with Crippen LogP contribution in [0.1, 0.15) is 28.8 Å². The highest BCUT2D eigenvalue weighted by Gasteiger charge is 2.22. The van der Waals surface area contributed by atoms with Gasteiger partial charge in [0.25, 0.3) is 5.56 Å². The first-order chi connectivity index (χ1) is 14.2. The third-order valence-electron chi connectivity index (χ3n) is 5.25. The van der Waals surface area contributed by atoms with Gasteiger partial charge in [0.05, 0.1) is 11.1 Å². The smallest absolute Gasteiger partial charge is 0.267 e. The van der Waals surface area contributed by atoms with E-state index in [2.05, 4.69) is 0 Å². The van der Waals surface area contributed by atoms with E-state index in [1.165, 1.54) is 16.9 Å². The molecule has 2 heterocycles. The summed E-state index contributed by atoms with van der Waals surface area (Å²) in [4.78, 5) is 20.8. The molecule has 2 aromatic carbocycles. The minimum atomic E-state index is 0.0548. The summed E-state index contributed by atoms with van der Waals surface area (Å²) in [6.07, 6.45) is 4.40. The van der Waals surface area contributed by atoms with Crippen molar-refractivity contribution in [2.24, 2.45) is 0 Å². The Labute approximate surface area is 182 Å². The summed E-state index contributed by atoms with van der Waals surface area (Å²) in [7, 11) is 0. The molecule has 5 rings (SSSR count). The van der Waals surface area contributed by atoms with Gasteiger partial charge in [-0.1, -0.05) is 53.7 Å². The molecule has 2 aromatic heterocycles. The van der Waals surface area contributed by atoms with Gasteiger partial charge < -0.3 is 0 Å². The van der Waals surface area contributed by atoms with Crippen molar-refractivity contribution >= 4 is 44.9 Å². The van der Waals surface area contributed by atoms with Gasteiger partial charge in [-0.15, -0.1) is 11.3 Å². The number of aromatic nitrogens is 2. The lowest BCUT2D eigenvalue weighted by atomic mass is 9.97. The number of hydrogen-bond donors (Lipinski definition) is 0. The van der Waals surface area contributed by atoms with Gasteiger partial charge in [0.1, 0.15) is 4.83 Å². The monoisotopic (exact) mass is 438 g/mol. The summed E-state index contributed by atoms with van der Waals surface area (Å²) < 4.78 is 1.78. The Bertz CT molecular complexity index is 1230. The molecule has 0 amide bonds. The Kier molecular flexibility index (Phi) is 5.20. The molecule has 3 nitrogen and oxygen atoms in total. The van der Waals surface area contributed by atoms with Crippen LogP contribution in [0.15, 0.2) is 64.5 Å². The Morgan fingerprint density at radius 3 is 2.59 bits per heavy atom. The van der Waals surface area contributed by atoms with E-state index in [-0.39, 0.29) is 5.56 Å². The van der Waals surface area contributed by atoms with E-state index >= 15 is 0 Å². The van der Waals surface area contributed by atoms with Crippen LogP contribution in [0.3, 0.4) is 0 Å². The maximum Gasteiger partial charge on any atom is 0.267 e. The SMILES string of the molecule is O=c1c2c3c(sc2nc(SCc2ccc(Cl)cc2)n1-c1ccccc1)CCCC3. The van der Waals surface area contributed by atoms with E-state index in [0.29, 0.717) is 0 Å². The zero-order valence-corrected chi connectivity index (χ0v) is 18.1. The molecule has 0 aliphatic heterocycles. The highest BCUT2D eigenvalue weighted by atomic mass is 35.5. The second kappa shape index (κ2) is 7.98. The van der Waals surface area contributed by atoms with Crippen molar-refractivity contribution in [1.82, 2.24) is 9.55 Å². The highest BCUT2D eigenvalue weighted by Crippen LogP contribution is 2.35. The van der Waals surface area contributed by atoms with Crippen molar-refractivity contribution in [1.29, 1.82) is 0 Å². The molecule has 6 heteroatoms. The normalized spacial score (nSPS) is 13.6. The minimum Gasteiger partial charge on any atom is -0.268 e. The van der Waals surface area contributed by atoms with E-state index in [0.717, 1.165) is 56.7 Å². The van der Waals surface area contributed by atoms with Crippen LogP contribution >= 0.6 is 34.7 Å². The van der Waals surface area contributed by atoms with Crippen LogP contribution in [0.25, 0.3) is 15.9 Å². The average Bonchev–Trinajstić information content (AvgIpc) is 3.12. The number of rotatable bonds is 4. The zero-order valence-electron chi connectivity index (χ0n) is 15.7. The van der Waals surface area contributed by atoms with Gasteiger partial charge in [-0.25, -0.2) is 4.98 Å². The summed E-state index contributed by atoms with van der Waals surface area (Å²) >= 11 is 9.30. The van der Waals surface area contributed by atoms with E-state index < -0.39 is 0 Å². The predicted octanol–water partition coefficient (Wildman–Crippen LogP) is 6.27. The van der Waals surface area contributed by atoms with Crippen molar-refractivity contribution < 1.29 is 0 Å². The summed E-state index contributed by atoms with van der Waals surface area (Å²) in [6.45, 7) is 0. The van der Waals surface area contributed by atoms with Crippen LogP contribution in [0.4, 0.5) is 0 Å². The standard InChI is InChI=1S/C23H19ClN2OS2/c24-16-12-10-15(11-13-16)14-28-23-25-21-20(18-8-4-5-9-19(18)29-21)22(27)26(23)17-6-2-1-3-7-17/h1-3,6-7,10-13H,4-5,8-9,14H2. The summed E-state index contributed by atoms with van der Waals surface area (Å²) in [6, 6.07) is 17.7. The fourth-order valence-corrected chi connectivity index (χ4v) is 6.21. The Balaban J connectivity index is 1.65. The lowest BCUT2D eigenvalue weighted by Crippen LogP contribution is -2.22. The van der Waals surface area contributed by atoms with Crippen LogP contribution in [0.2, 0.25) is 5.02 Å². The number of fused-ring (bicyclic) bond motifs is 3. The maximum absolute atomic E-state index is 13.6. The first-order valence-electron chi connectivity index (χ1n) is 9.70. The number of aryl methyl sites for hydroxylation is 2. The van der Waals surface area contributed by atoms with Gasteiger partial charge in [0.2, 0.25) is 0 Å². The topological polar surface area (TPSA) is 34.9 Å². The number of hydrogen-bond acceptors (Lipinski definition) is 4. The van der Waals surface area contributed by atoms with Crippen molar-refractivity contribution in [2.45, 2.75) is 36.6 Å². The predicted molar refractivity (Wildman–Crippen MR) is 123 cm³/mol. The first kappa shape index (κ1) is 18.9. The van der Waals surface area contributed by atoms with Gasteiger partial charge in [-0.3, -0.25) is 9.36 Å². The Hall–Kier alpha value is -2.08.